The Morgan fingerprint density at radius 3 is 2.52 bits per heavy atom. The van der Waals surface area contributed by atoms with Crippen molar-refractivity contribution in [1.29, 1.82) is 5.26 Å². The molecule has 1 saturated heterocycles. The number of carbonyl (C=O) groups excluding carboxylic acids is 1. The van der Waals surface area contributed by atoms with Gasteiger partial charge in [-0.05, 0) is 38.3 Å². The maximum atomic E-state index is 12.4. The summed E-state index contributed by atoms with van der Waals surface area (Å²) in [4.78, 5) is 16.1. The molecule has 0 saturated carbocycles. The van der Waals surface area contributed by atoms with E-state index in [9.17, 15) is 10.1 Å². The average Bonchev–Trinajstić information content (AvgIpc) is 2.57. The van der Waals surface area contributed by atoms with Gasteiger partial charge in [-0.3, -0.25) is 4.79 Å². The number of anilines is 1. The minimum Gasteiger partial charge on any atom is -0.347 e. The number of hydrogen-bond donors (Lipinski definition) is 0. The Balaban J connectivity index is 2.18. The molecule has 21 heavy (non-hydrogen) atoms. The molecule has 4 nitrogen and oxygen atoms in total. The summed E-state index contributed by atoms with van der Waals surface area (Å²) >= 11 is 0. The predicted octanol–water partition coefficient (Wildman–Crippen LogP) is 2.93. The Morgan fingerprint density at radius 1 is 1.29 bits per heavy atom. The lowest BCUT2D eigenvalue weighted by atomic mass is 10.1. The predicted molar refractivity (Wildman–Crippen MR) is 83.6 cm³/mol. The maximum Gasteiger partial charge on any atom is 0.266 e. The summed E-state index contributed by atoms with van der Waals surface area (Å²) in [7, 11) is 0. The number of nitrogens with zero attached hydrogens (tertiary/aromatic N) is 3. The number of rotatable bonds is 4. The summed E-state index contributed by atoms with van der Waals surface area (Å²) in [5, 5.41) is 9.33. The summed E-state index contributed by atoms with van der Waals surface area (Å²) in [6.45, 7) is 4.23. The molecule has 1 heterocycles. The van der Waals surface area contributed by atoms with Gasteiger partial charge in [-0.15, -0.1) is 0 Å². The quantitative estimate of drug-likeness (QED) is 0.630. The monoisotopic (exact) mass is 283 g/mol. The van der Waals surface area contributed by atoms with Crippen LogP contribution in [0.2, 0.25) is 0 Å². The van der Waals surface area contributed by atoms with Crippen LogP contribution in [-0.4, -0.2) is 30.4 Å². The smallest absolute Gasteiger partial charge is 0.266 e. The first-order valence-electron chi connectivity index (χ1n) is 7.49. The standard InChI is InChI=1S/C17H21N3O/c1-2-19(16-9-5-3-6-10-16)14-15(13-18)17(21)20-11-7-4-8-12-20/h3,5-6,9-10,14H,2,4,7-8,11-12H2,1H3/b15-14-. The number of nitriles is 1. The van der Waals surface area contributed by atoms with E-state index in [4.69, 9.17) is 0 Å². The van der Waals surface area contributed by atoms with Crippen LogP contribution in [0.5, 0.6) is 0 Å². The van der Waals surface area contributed by atoms with Gasteiger partial charge in [0.05, 0.1) is 0 Å². The van der Waals surface area contributed by atoms with Crippen LogP contribution in [0.15, 0.2) is 42.1 Å². The first-order chi connectivity index (χ1) is 10.3. The second kappa shape index (κ2) is 7.49. The molecule has 0 aromatic heterocycles. The minimum absolute atomic E-state index is 0.147. The Hall–Kier alpha value is -2.28. The lowest BCUT2D eigenvalue weighted by Crippen LogP contribution is -2.36. The highest BCUT2D eigenvalue weighted by Crippen LogP contribution is 2.17. The van der Waals surface area contributed by atoms with E-state index in [2.05, 4.69) is 6.07 Å². The third-order valence-corrected chi connectivity index (χ3v) is 3.71. The van der Waals surface area contributed by atoms with Gasteiger partial charge in [0.15, 0.2) is 0 Å². The molecule has 1 aliphatic rings. The van der Waals surface area contributed by atoms with Gasteiger partial charge in [-0.1, -0.05) is 18.2 Å². The molecule has 0 aliphatic carbocycles. The molecule has 110 valence electrons. The van der Waals surface area contributed by atoms with Gasteiger partial charge in [0.2, 0.25) is 0 Å². The lowest BCUT2D eigenvalue weighted by molar-refractivity contribution is -0.127. The fourth-order valence-corrected chi connectivity index (χ4v) is 2.52. The first-order valence-corrected chi connectivity index (χ1v) is 7.49. The van der Waals surface area contributed by atoms with Crippen LogP contribution in [0.4, 0.5) is 5.69 Å². The first kappa shape index (κ1) is 15.1. The van der Waals surface area contributed by atoms with Crippen molar-refractivity contribution in [3.63, 3.8) is 0 Å². The third-order valence-electron chi connectivity index (χ3n) is 3.71. The topological polar surface area (TPSA) is 47.3 Å². The van der Waals surface area contributed by atoms with Crippen molar-refractivity contribution in [2.75, 3.05) is 24.5 Å². The van der Waals surface area contributed by atoms with Gasteiger partial charge in [0, 0.05) is 31.5 Å². The maximum absolute atomic E-state index is 12.4. The van der Waals surface area contributed by atoms with E-state index < -0.39 is 0 Å². The molecule has 1 aromatic carbocycles. The average molecular weight is 283 g/mol. The van der Waals surface area contributed by atoms with Crippen molar-refractivity contribution in [1.82, 2.24) is 4.90 Å². The number of hydrogen-bond acceptors (Lipinski definition) is 3. The van der Waals surface area contributed by atoms with Crippen molar-refractivity contribution in [2.24, 2.45) is 0 Å². The SMILES string of the molecule is CCN(/C=C(/C#N)C(=O)N1CCCCC1)c1ccccc1. The number of amides is 1. The number of benzene rings is 1. The molecule has 0 bridgehead atoms. The van der Waals surface area contributed by atoms with Crippen molar-refractivity contribution in [3.8, 4) is 6.07 Å². The fourth-order valence-electron chi connectivity index (χ4n) is 2.52. The summed E-state index contributed by atoms with van der Waals surface area (Å²) in [5.74, 6) is -0.147. The second-order valence-electron chi connectivity index (χ2n) is 5.13. The van der Waals surface area contributed by atoms with Crippen LogP contribution in [0, 0.1) is 11.3 Å². The van der Waals surface area contributed by atoms with Crippen LogP contribution in [0.3, 0.4) is 0 Å². The Morgan fingerprint density at radius 2 is 1.95 bits per heavy atom. The van der Waals surface area contributed by atoms with Crippen molar-refractivity contribution >= 4 is 11.6 Å². The summed E-state index contributed by atoms with van der Waals surface area (Å²) < 4.78 is 0. The van der Waals surface area contributed by atoms with Gasteiger partial charge < -0.3 is 9.80 Å². The van der Waals surface area contributed by atoms with Gasteiger partial charge >= 0.3 is 0 Å². The molecule has 1 aromatic rings. The van der Waals surface area contributed by atoms with Crippen molar-refractivity contribution in [3.05, 3.63) is 42.1 Å². The number of para-hydroxylation sites is 1. The normalized spacial score (nSPS) is 15.4. The van der Waals surface area contributed by atoms with E-state index in [1.165, 1.54) is 6.42 Å². The second-order valence-corrected chi connectivity index (χ2v) is 5.13. The lowest BCUT2D eigenvalue weighted by Gasteiger charge is -2.27. The molecule has 0 radical (unpaired) electrons. The zero-order valence-corrected chi connectivity index (χ0v) is 12.5. The van der Waals surface area contributed by atoms with E-state index in [0.29, 0.717) is 6.54 Å². The third kappa shape index (κ3) is 3.85. The van der Waals surface area contributed by atoms with Crippen LogP contribution < -0.4 is 4.90 Å². The molecular weight excluding hydrogens is 262 g/mol. The van der Waals surface area contributed by atoms with Gasteiger partial charge in [0.25, 0.3) is 5.91 Å². The highest BCUT2D eigenvalue weighted by atomic mass is 16.2. The van der Waals surface area contributed by atoms with E-state index in [0.717, 1.165) is 31.6 Å². The minimum atomic E-state index is -0.147. The number of piperidine rings is 1. The van der Waals surface area contributed by atoms with Gasteiger partial charge in [-0.2, -0.15) is 5.26 Å². The van der Waals surface area contributed by atoms with Crippen LogP contribution in [0.1, 0.15) is 26.2 Å². The molecule has 0 atom stereocenters. The van der Waals surface area contributed by atoms with E-state index >= 15 is 0 Å². The fraction of sp³-hybridized carbons (Fsp3) is 0.412. The highest BCUT2D eigenvalue weighted by molar-refractivity contribution is 5.97. The molecule has 0 unspecified atom stereocenters. The van der Waals surface area contributed by atoms with Gasteiger partial charge in [-0.25, -0.2) is 0 Å². The Kier molecular flexibility index (Phi) is 5.39. The van der Waals surface area contributed by atoms with Crippen molar-refractivity contribution < 1.29 is 4.79 Å². The molecular formula is C17H21N3O. The van der Waals surface area contributed by atoms with Crippen LogP contribution in [0.25, 0.3) is 0 Å². The van der Waals surface area contributed by atoms with Gasteiger partial charge in [0.1, 0.15) is 11.6 Å². The molecule has 0 N–H and O–H groups in total. The molecule has 1 amide bonds. The Labute approximate surface area is 126 Å². The zero-order valence-electron chi connectivity index (χ0n) is 12.5. The zero-order chi connectivity index (χ0) is 15.1. The molecule has 0 spiro atoms. The largest absolute Gasteiger partial charge is 0.347 e. The van der Waals surface area contributed by atoms with Crippen molar-refractivity contribution in [2.45, 2.75) is 26.2 Å². The number of likely N-dealkylation sites (tertiary alicyclic amines) is 1. The molecule has 4 heteroatoms. The summed E-state index contributed by atoms with van der Waals surface area (Å²) in [5.41, 5.74) is 1.20. The Bertz CT molecular complexity index is 539. The van der Waals surface area contributed by atoms with Crippen LogP contribution >= 0.6 is 0 Å². The number of carbonyl (C=O) groups is 1. The summed E-state index contributed by atoms with van der Waals surface area (Å²) in [6, 6.07) is 11.9. The molecule has 2 rings (SSSR count). The van der Waals surface area contributed by atoms with Crippen LogP contribution in [-0.2, 0) is 4.79 Å². The van der Waals surface area contributed by atoms with E-state index in [1.807, 2.05) is 42.2 Å². The molecule has 1 aliphatic heterocycles. The summed E-state index contributed by atoms with van der Waals surface area (Å²) in [6.07, 6.45) is 4.90. The van der Waals surface area contributed by atoms with E-state index in [-0.39, 0.29) is 11.5 Å². The highest BCUT2D eigenvalue weighted by Gasteiger charge is 2.21. The van der Waals surface area contributed by atoms with E-state index in [1.54, 1.807) is 11.1 Å². The molecule has 1 fully saturated rings.